The zero-order chi connectivity index (χ0) is 88.7. The highest BCUT2D eigenvalue weighted by atomic mass is 79.9. The van der Waals surface area contributed by atoms with E-state index in [1.165, 1.54) is 75.3 Å². The average Bonchev–Trinajstić information content (AvgIpc) is 0.839. The summed E-state index contributed by atoms with van der Waals surface area (Å²) in [7, 11) is 0. The fraction of sp³-hybridized carbons (Fsp3) is 0.351. The molecule has 0 saturated carbocycles. The number of benzene rings is 10. The van der Waals surface area contributed by atoms with Crippen molar-refractivity contribution in [1.29, 1.82) is 5.26 Å². The van der Waals surface area contributed by atoms with Gasteiger partial charge in [0.05, 0.1) is 22.8 Å². The number of carbonyl (C=O) groups excluding carboxylic acids is 1. The molecule has 0 saturated heterocycles. The SMILES string of the molecule is CC(C)c1cc(Br)cc(Br)c1.CC(C)c1cc(Cl)cc(Cl)c1.CC(C)c1cc(F)cc(F)c1.CC(C)c1cccc(C#N)c1.CC(C)c1cccc(C(=O)O)c1.CC(C)c1cccc(C(F)(F)F)c1.CC(C)c1cccc(C(N)=O)c1.CC(C)c1cccc(O)c1.CC(C)c1cccc(OC(F)(F)F)c1.Cc1cc(C)cc(C(C)C)c1. The van der Waals surface area contributed by atoms with E-state index in [9.17, 15) is 44.7 Å². The number of nitriles is 1. The van der Waals surface area contributed by atoms with Gasteiger partial charge in [0.2, 0.25) is 5.91 Å². The Hall–Kier alpha value is -8.79. The summed E-state index contributed by atoms with van der Waals surface area (Å²) in [5, 5.41) is 27.8. The number of amides is 1. The van der Waals surface area contributed by atoms with Crippen LogP contribution >= 0.6 is 55.1 Å². The largest absolute Gasteiger partial charge is 0.573 e. The van der Waals surface area contributed by atoms with Crippen molar-refractivity contribution in [1.82, 2.24) is 0 Å². The predicted octanol–water partition coefficient (Wildman–Crippen LogP) is 32.1. The lowest BCUT2D eigenvalue weighted by Crippen LogP contribution is -2.17. The van der Waals surface area contributed by atoms with Crippen molar-refractivity contribution >= 4 is 66.9 Å². The van der Waals surface area contributed by atoms with Crippen LogP contribution in [-0.2, 0) is 6.18 Å². The van der Waals surface area contributed by atoms with Gasteiger partial charge in [0, 0.05) is 30.6 Å². The first kappa shape index (κ1) is 105. The Balaban J connectivity index is 0.000000645. The molecule has 19 heteroatoms. The van der Waals surface area contributed by atoms with Crippen LogP contribution < -0.4 is 10.5 Å². The molecule has 0 atom stereocenters. The van der Waals surface area contributed by atoms with Gasteiger partial charge in [0.15, 0.2) is 0 Å². The lowest BCUT2D eigenvalue weighted by molar-refractivity contribution is -0.274. The first-order valence-electron chi connectivity index (χ1n) is 38.3. The second kappa shape index (κ2) is 52.8. The Morgan fingerprint density at radius 3 is 1.11 bits per heavy atom. The number of nitrogens with zero attached hydrogens (tertiary/aromatic N) is 1. The molecule has 628 valence electrons. The molecule has 0 aromatic heterocycles. The molecule has 10 rings (SSSR count). The number of phenolic OH excluding ortho intramolecular Hbond substituents is 1. The number of primary amides is 1. The molecule has 0 bridgehead atoms. The van der Waals surface area contributed by atoms with Crippen LogP contribution in [0, 0.1) is 36.8 Å². The maximum absolute atomic E-state index is 12.5. The number of nitrogens with two attached hydrogens (primary N) is 1. The van der Waals surface area contributed by atoms with Crippen molar-refractivity contribution in [3.05, 3.63) is 338 Å². The van der Waals surface area contributed by atoms with Crippen molar-refractivity contribution in [3.63, 3.8) is 0 Å². The summed E-state index contributed by atoms with van der Waals surface area (Å²) >= 11 is 18.5. The van der Waals surface area contributed by atoms with E-state index < -0.39 is 35.7 Å². The summed E-state index contributed by atoms with van der Waals surface area (Å²) in [6, 6.07) is 65.4. The Kier molecular flexibility index (Phi) is 47.9. The Morgan fingerprint density at radius 2 is 0.733 bits per heavy atom. The minimum Gasteiger partial charge on any atom is -0.508 e. The molecule has 0 heterocycles. The van der Waals surface area contributed by atoms with Gasteiger partial charge in [0.25, 0.3) is 0 Å². The summed E-state index contributed by atoms with van der Waals surface area (Å²) in [4.78, 5) is 21.4. The van der Waals surface area contributed by atoms with Crippen molar-refractivity contribution in [2.24, 2.45) is 5.73 Å². The van der Waals surface area contributed by atoms with Gasteiger partial charge in [-0.05, 0) is 244 Å². The van der Waals surface area contributed by atoms with Gasteiger partial charge < -0.3 is 20.7 Å². The second-order valence-corrected chi connectivity index (χ2v) is 33.3. The van der Waals surface area contributed by atoms with Gasteiger partial charge in [-0.1, -0.05) is 302 Å². The van der Waals surface area contributed by atoms with Crippen LogP contribution in [0.4, 0.5) is 35.1 Å². The number of aromatic hydroxyl groups is 1. The lowest BCUT2D eigenvalue weighted by Gasteiger charge is -2.11. The number of ether oxygens (including phenoxy) is 1. The topological polar surface area (TPSA) is 134 Å². The van der Waals surface area contributed by atoms with Gasteiger partial charge >= 0.3 is 18.5 Å². The van der Waals surface area contributed by atoms with Crippen LogP contribution in [-0.4, -0.2) is 28.5 Å². The standard InChI is InChI=1S/C11H16.C10H11F3O.C10H11F3.C10H13NO.C10H11N.C10H12O2.C9H10Br2.C9H10Cl2.C9H10F2.C9H12O/c1-8(2)11-6-9(3)5-10(4)7-11;1-7(2)8-4-3-5-9(6-8)14-10(11,12)13;1-7(2)8-4-3-5-9(6-8)10(11,12)13;1-7(2)8-4-3-5-9(6-8)10(11)12;1-8(2)10-5-3-4-9(6-10)7-11;1-7(2)8-4-3-5-9(6-8)10(11)12;3*1-6(2)7-3-8(10)5-9(11)4-7;1-7(2)8-4-3-5-9(10)6-8/h5-8H,1-4H3;3-7H,1-2H3;3-7H,1-2H3;3-7H,1-2H3,(H2,11,12);3-6,8H,1-2H3;3-7H,1-2H3,(H,11,12);3*3-6H,1-2H3;3-7,10H,1-2H3. The third-order valence-corrected chi connectivity index (χ3v) is 18.4. The molecular formula is C97H116Br2Cl2F8N2O5. The van der Waals surface area contributed by atoms with E-state index in [4.69, 9.17) is 44.4 Å². The molecule has 10 aromatic rings. The van der Waals surface area contributed by atoms with Gasteiger partial charge in [-0.2, -0.15) is 18.4 Å². The van der Waals surface area contributed by atoms with Gasteiger partial charge in [-0.25, -0.2) is 13.6 Å². The number of rotatable bonds is 13. The molecule has 0 aliphatic rings. The minimum absolute atomic E-state index is 0.127. The molecule has 10 aromatic carbocycles. The summed E-state index contributed by atoms with van der Waals surface area (Å²) in [6.45, 7) is 45.4. The Bertz CT molecular complexity index is 4280. The zero-order valence-electron chi connectivity index (χ0n) is 70.7. The Morgan fingerprint density at radius 1 is 0.397 bits per heavy atom. The number of phenols is 1. The first-order valence-corrected chi connectivity index (χ1v) is 40.7. The van der Waals surface area contributed by atoms with E-state index in [0.29, 0.717) is 73.9 Å². The zero-order valence-corrected chi connectivity index (χ0v) is 75.4. The minimum atomic E-state index is -4.62. The summed E-state index contributed by atoms with van der Waals surface area (Å²) in [5.74, 6) is 1.95. The number of aromatic carboxylic acids is 1. The number of hydrogen-bond donors (Lipinski definition) is 3. The van der Waals surface area contributed by atoms with Crippen LogP contribution in [0.3, 0.4) is 0 Å². The first-order chi connectivity index (χ1) is 53.8. The fourth-order valence-electron chi connectivity index (χ4n) is 10.1. The van der Waals surface area contributed by atoms with Crippen molar-refractivity contribution in [2.45, 2.75) is 224 Å². The average molecular weight is 1770 g/mol. The number of halogens is 12. The number of carboxylic acids is 1. The number of hydrogen-bond acceptors (Lipinski definition) is 5. The number of carbonyl (C=O) groups is 2. The van der Waals surface area contributed by atoms with Gasteiger partial charge in [0.1, 0.15) is 23.1 Å². The second-order valence-electron chi connectivity index (χ2n) is 30.6. The maximum Gasteiger partial charge on any atom is 0.573 e. The third-order valence-electron chi connectivity index (χ3n) is 17.1. The normalized spacial score (nSPS) is 10.8. The monoisotopic (exact) mass is 1770 g/mol. The van der Waals surface area contributed by atoms with Crippen molar-refractivity contribution < 1.29 is 59.7 Å². The van der Waals surface area contributed by atoms with Crippen LogP contribution in [0.1, 0.15) is 296 Å². The number of alkyl halides is 6. The summed E-state index contributed by atoms with van der Waals surface area (Å²) < 4.78 is 103. The van der Waals surface area contributed by atoms with Crippen molar-refractivity contribution in [2.75, 3.05) is 0 Å². The molecule has 0 spiro atoms. The quantitative estimate of drug-likeness (QED) is 0.0985. The summed E-state index contributed by atoms with van der Waals surface area (Å²) in [6.07, 6.45) is -8.85. The third kappa shape index (κ3) is 44.5. The molecule has 4 N–H and O–H groups in total. The van der Waals surface area contributed by atoms with Gasteiger partial charge in [-0.3, -0.25) is 4.79 Å². The Labute approximate surface area is 712 Å². The van der Waals surface area contributed by atoms with E-state index in [0.717, 1.165) is 48.9 Å². The molecule has 0 radical (unpaired) electrons. The van der Waals surface area contributed by atoms with Crippen LogP contribution in [0.25, 0.3) is 0 Å². The highest BCUT2D eigenvalue weighted by molar-refractivity contribution is 9.11. The van der Waals surface area contributed by atoms with E-state index in [1.807, 2.05) is 134 Å². The molecular weight excluding hydrogens is 1660 g/mol. The molecule has 0 unspecified atom stereocenters. The highest BCUT2D eigenvalue weighted by Crippen LogP contribution is 2.33. The van der Waals surface area contributed by atoms with E-state index in [-0.39, 0.29) is 29.4 Å². The molecule has 0 aliphatic carbocycles. The van der Waals surface area contributed by atoms with Gasteiger partial charge in [-0.15, -0.1) is 13.2 Å². The highest BCUT2D eigenvalue weighted by Gasteiger charge is 2.32. The predicted molar refractivity (Wildman–Crippen MR) is 474 cm³/mol. The van der Waals surface area contributed by atoms with Crippen molar-refractivity contribution in [3.8, 4) is 17.6 Å². The van der Waals surface area contributed by atoms with Crippen LogP contribution in [0.15, 0.2) is 227 Å². The summed E-state index contributed by atoms with van der Waals surface area (Å²) in [5.41, 5.74) is 19.8. The molecule has 0 aliphatic heterocycles. The lowest BCUT2D eigenvalue weighted by atomic mass is 9.99. The van der Waals surface area contributed by atoms with E-state index >= 15 is 0 Å². The van der Waals surface area contributed by atoms with Crippen LogP contribution in [0.5, 0.6) is 11.5 Å². The molecule has 7 nitrogen and oxygen atoms in total. The molecule has 116 heavy (non-hydrogen) atoms. The van der Waals surface area contributed by atoms with E-state index in [2.05, 4.69) is 170 Å². The number of carboxylic acid groups (broad SMARTS) is 1. The number of aryl methyl sites for hydroxylation is 2. The van der Waals surface area contributed by atoms with E-state index in [1.54, 1.807) is 60.7 Å². The molecule has 1 amide bonds. The maximum atomic E-state index is 12.5. The van der Waals surface area contributed by atoms with Crippen LogP contribution in [0.2, 0.25) is 10.0 Å². The molecule has 0 fully saturated rings. The fourth-order valence-corrected chi connectivity index (χ4v) is 12.0. The smallest absolute Gasteiger partial charge is 0.508 e.